The fraction of sp³-hybridized carbons (Fsp3) is 0.333. The third-order valence-electron chi connectivity index (χ3n) is 1.55. The van der Waals surface area contributed by atoms with Crippen LogP contribution in [0.25, 0.3) is 6.08 Å². The molecule has 0 aliphatic carbocycles. The minimum absolute atomic E-state index is 0.304. The fourth-order valence-electron chi connectivity index (χ4n) is 1.11. The van der Waals surface area contributed by atoms with Crippen LogP contribution in [0.1, 0.15) is 26.3 Å². The molecule has 0 saturated heterocycles. The summed E-state index contributed by atoms with van der Waals surface area (Å²) in [4.78, 5) is 0. The van der Waals surface area contributed by atoms with Crippen LogP contribution >= 0.6 is 0 Å². The summed E-state index contributed by atoms with van der Waals surface area (Å²) in [6.45, 7) is 9.35. The van der Waals surface area contributed by atoms with Crippen molar-refractivity contribution in [2.75, 3.05) is 0 Å². The molecular formula is C12H15FO. The van der Waals surface area contributed by atoms with Crippen molar-refractivity contribution >= 4 is 6.08 Å². The van der Waals surface area contributed by atoms with Gasteiger partial charge in [-0.25, -0.2) is 4.39 Å². The maximum atomic E-state index is 13.1. The molecule has 1 aromatic rings. The van der Waals surface area contributed by atoms with E-state index in [0.717, 1.165) is 5.56 Å². The fourth-order valence-corrected chi connectivity index (χ4v) is 1.11. The van der Waals surface area contributed by atoms with Crippen LogP contribution in [0.4, 0.5) is 4.39 Å². The first-order valence-corrected chi connectivity index (χ1v) is 4.53. The SMILES string of the molecule is C=Cc1cc(F)cc(OC(C)(C)C)c1. The van der Waals surface area contributed by atoms with E-state index in [0.29, 0.717) is 5.75 Å². The molecule has 1 aromatic carbocycles. The molecule has 0 N–H and O–H groups in total. The molecular weight excluding hydrogens is 179 g/mol. The molecule has 0 aliphatic rings. The molecule has 0 unspecified atom stereocenters. The summed E-state index contributed by atoms with van der Waals surface area (Å²) in [6.07, 6.45) is 1.60. The van der Waals surface area contributed by atoms with Crippen LogP contribution in [0.5, 0.6) is 5.75 Å². The lowest BCUT2D eigenvalue weighted by atomic mass is 10.1. The van der Waals surface area contributed by atoms with Gasteiger partial charge in [-0.05, 0) is 38.5 Å². The summed E-state index contributed by atoms with van der Waals surface area (Å²) in [5.74, 6) is 0.231. The molecule has 0 heterocycles. The summed E-state index contributed by atoms with van der Waals surface area (Å²) in [5, 5.41) is 0. The van der Waals surface area contributed by atoms with Gasteiger partial charge in [0.1, 0.15) is 17.2 Å². The highest BCUT2D eigenvalue weighted by Gasteiger charge is 2.12. The second-order valence-corrected chi connectivity index (χ2v) is 4.14. The quantitative estimate of drug-likeness (QED) is 0.698. The Bertz CT molecular complexity index is 337. The van der Waals surface area contributed by atoms with Crippen molar-refractivity contribution in [3.05, 3.63) is 36.2 Å². The van der Waals surface area contributed by atoms with Crippen molar-refractivity contribution in [1.82, 2.24) is 0 Å². The van der Waals surface area contributed by atoms with Crippen LogP contribution < -0.4 is 4.74 Å². The van der Waals surface area contributed by atoms with Crippen molar-refractivity contribution in [2.24, 2.45) is 0 Å². The predicted molar refractivity (Wildman–Crippen MR) is 56.9 cm³/mol. The van der Waals surface area contributed by atoms with E-state index in [2.05, 4.69) is 6.58 Å². The minimum Gasteiger partial charge on any atom is -0.488 e. The lowest BCUT2D eigenvalue weighted by Crippen LogP contribution is -2.23. The zero-order valence-electron chi connectivity index (χ0n) is 8.80. The van der Waals surface area contributed by atoms with Crippen molar-refractivity contribution in [2.45, 2.75) is 26.4 Å². The highest BCUT2D eigenvalue weighted by atomic mass is 19.1. The third kappa shape index (κ3) is 3.21. The van der Waals surface area contributed by atoms with Gasteiger partial charge in [0.25, 0.3) is 0 Å². The van der Waals surface area contributed by atoms with Gasteiger partial charge in [0.2, 0.25) is 0 Å². The molecule has 0 radical (unpaired) electrons. The topological polar surface area (TPSA) is 9.23 Å². The Kier molecular flexibility index (Phi) is 2.94. The molecule has 0 spiro atoms. The summed E-state index contributed by atoms with van der Waals surface area (Å²) < 4.78 is 18.6. The first-order chi connectivity index (χ1) is 6.40. The average molecular weight is 194 g/mol. The van der Waals surface area contributed by atoms with Crippen LogP contribution in [-0.4, -0.2) is 5.60 Å². The molecule has 14 heavy (non-hydrogen) atoms. The normalized spacial score (nSPS) is 11.1. The van der Waals surface area contributed by atoms with E-state index in [1.54, 1.807) is 12.1 Å². The Balaban J connectivity index is 2.98. The Hall–Kier alpha value is -1.31. The Morgan fingerprint density at radius 3 is 2.43 bits per heavy atom. The first-order valence-electron chi connectivity index (χ1n) is 4.53. The van der Waals surface area contributed by atoms with Gasteiger partial charge in [0.05, 0.1) is 0 Å². The second-order valence-electron chi connectivity index (χ2n) is 4.14. The van der Waals surface area contributed by atoms with Gasteiger partial charge >= 0.3 is 0 Å². The van der Waals surface area contributed by atoms with E-state index < -0.39 is 0 Å². The van der Waals surface area contributed by atoms with Crippen LogP contribution in [0, 0.1) is 5.82 Å². The largest absolute Gasteiger partial charge is 0.488 e. The lowest BCUT2D eigenvalue weighted by molar-refractivity contribution is 0.130. The molecule has 0 atom stereocenters. The average Bonchev–Trinajstić information content (AvgIpc) is 1.99. The first kappa shape index (κ1) is 10.8. The number of rotatable bonds is 2. The number of hydrogen-bond acceptors (Lipinski definition) is 1. The van der Waals surface area contributed by atoms with Gasteiger partial charge in [-0.15, -0.1) is 0 Å². The van der Waals surface area contributed by atoms with E-state index in [9.17, 15) is 4.39 Å². The molecule has 0 saturated carbocycles. The second kappa shape index (κ2) is 3.82. The monoisotopic (exact) mass is 194 g/mol. The van der Waals surface area contributed by atoms with Crippen LogP contribution in [0.3, 0.4) is 0 Å². The van der Waals surface area contributed by atoms with Crippen molar-refractivity contribution in [1.29, 1.82) is 0 Å². The standard InChI is InChI=1S/C12H15FO/c1-5-9-6-10(13)8-11(7-9)14-12(2,3)4/h5-8H,1H2,2-4H3. The van der Waals surface area contributed by atoms with Gasteiger partial charge < -0.3 is 4.74 Å². The molecule has 0 aliphatic heterocycles. The number of hydrogen-bond donors (Lipinski definition) is 0. The molecule has 0 amide bonds. The number of benzene rings is 1. The number of ether oxygens (including phenoxy) is 1. The Labute approximate surface area is 84.2 Å². The predicted octanol–water partition coefficient (Wildman–Crippen LogP) is 3.65. The molecule has 0 fully saturated rings. The zero-order chi connectivity index (χ0) is 10.8. The van der Waals surface area contributed by atoms with Crippen molar-refractivity contribution in [3.8, 4) is 5.75 Å². The maximum Gasteiger partial charge on any atom is 0.127 e. The lowest BCUT2D eigenvalue weighted by Gasteiger charge is -2.21. The van der Waals surface area contributed by atoms with E-state index in [-0.39, 0.29) is 11.4 Å². The summed E-state index contributed by atoms with van der Waals surface area (Å²) in [5.41, 5.74) is 0.413. The third-order valence-corrected chi connectivity index (χ3v) is 1.55. The van der Waals surface area contributed by atoms with Crippen LogP contribution in [0.15, 0.2) is 24.8 Å². The van der Waals surface area contributed by atoms with Gasteiger partial charge in [-0.3, -0.25) is 0 Å². The van der Waals surface area contributed by atoms with Gasteiger partial charge in [-0.2, -0.15) is 0 Å². The van der Waals surface area contributed by atoms with Crippen LogP contribution in [-0.2, 0) is 0 Å². The molecule has 0 aromatic heterocycles. The number of halogens is 1. The maximum absolute atomic E-state index is 13.1. The van der Waals surface area contributed by atoms with Crippen molar-refractivity contribution < 1.29 is 9.13 Å². The molecule has 2 heteroatoms. The Morgan fingerprint density at radius 2 is 1.93 bits per heavy atom. The Morgan fingerprint density at radius 1 is 1.29 bits per heavy atom. The molecule has 1 nitrogen and oxygen atoms in total. The summed E-state index contributed by atoms with van der Waals surface area (Å²) in [7, 11) is 0. The van der Waals surface area contributed by atoms with E-state index in [1.807, 2.05) is 20.8 Å². The highest BCUT2D eigenvalue weighted by molar-refractivity contribution is 5.50. The molecule has 0 bridgehead atoms. The van der Waals surface area contributed by atoms with Crippen LogP contribution in [0.2, 0.25) is 0 Å². The van der Waals surface area contributed by atoms with E-state index in [4.69, 9.17) is 4.74 Å². The van der Waals surface area contributed by atoms with Crippen molar-refractivity contribution in [3.63, 3.8) is 0 Å². The van der Waals surface area contributed by atoms with Gasteiger partial charge in [0, 0.05) is 6.07 Å². The molecule has 76 valence electrons. The van der Waals surface area contributed by atoms with Gasteiger partial charge in [-0.1, -0.05) is 12.7 Å². The van der Waals surface area contributed by atoms with E-state index >= 15 is 0 Å². The van der Waals surface area contributed by atoms with Gasteiger partial charge in [0.15, 0.2) is 0 Å². The minimum atomic E-state index is -0.313. The summed E-state index contributed by atoms with van der Waals surface area (Å²) >= 11 is 0. The summed E-state index contributed by atoms with van der Waals surface area (Å²) in [6, 6.07) is 4.56. The van der Waals surface area contributed by atoms with E-state index in [1.165, 1.54) is 12.1 Å². The smallest absolute Gasteiger partial charge is 0.127 e. The molecule has 1 rings (SSSR count). The zero-order valence-corrected chi connectivity index (χ0v) is 8.80. The highest BCUT2D eigenvalue weighted by Crippen LogP contribution is 2.21.